The van der Waals surface area contributed by atoms with E-state index in [9.17, 15) is 17.6 Å². The zero-order valence-electron chi connectivity index (χ0n) is 9.92. The maximum atomic E-state index is 13.7. The molecule has 0 aliphatic rings. The summed E-state index contributed by atoms with van der Waals surface area (Å²) in [6.07, 6.45) is 0. The van der Waals surface area contributed by atoms with E-state index in [0.717, 1.165) is 5.56 Å². The van der Waals surface area contributed by atoms with E-state index >= 15 is 0 Å². The minimum absolute atomic E-state index is 0.368. The van der Waals surface area contributed by atoms with E-state index in [-0.39, 0.29) is 5.39 Å². The molecule has 20 heavy (non-hydrogen) atoms. The average molecular weight is 297 g/mol. The van der Waals surface area contributed by atoms with Gasteiger partial charge in [-0.05, 0) is 23.8 Å². The fraction of sp³-hybridized carbons (Fsp3) is 0.0714. The first kappa shape index (κ1) is 13.2. The van der Waals surface area contributed by atoms with Gasteiger partial charge < -0.3 is 0 Å². The Bertz CT molecular complexity index is 848. The van der Waals surface area contributed by atoms with E-state index in [2.05, 4.69) is 17.6 Å². The largest absolute Gasteiger partial charge is 0.244 e. The Morgan fingerprint density at radius 2 is 1.60 bits per heavy atom. The standard InChI is InChI=1S/C14H7F4NS/c15-10-8-4-7-3-6(5-20)1-2-9(7)19-14(8)13(18)12(17)11(10)16/h1-4,20H,5H2. The van der Waals surface area contributed by atoms with Gasteiger partial charge in [0.1, 0.15) is 5.52 Å². The van der Waals surface area contributed by atoms with Crippen LogP contribution < -0.4 is 0 Å². The molecule has 1 heterocycles. The molecule has 0 atom stereocenters. The Morgan fingerprint density at radius 3 is 2.30 bits per heavy atom. The number of fused-ring (bicyclic) bond motifs is 2. The fourth-order valence-electron chi connectivity index (χ4n) is 2.07. The highest BCUT2D eigenvalue weighted by atomic mass is 32.1. The molecule has 3 aromatic rings. The lowest BCUT2D eigenvalue weighted by Gasteiger charge is -2.07. The van der Waals surface area contributed by atoms with Gasteiger partial charge in [0, 0.05) is 16.5 Å². The van der Waals surface area contributed by atoms with Crippen LogP contribution in [0.2, 0.25) is 0 Å². The number of aromatic nitrogens is 1. The van der Waals surface area contributed by atoms with E-state index in [1.165, 1.54) is 6.07 Å². The van der Waals surface area contributed by atoms with E-state index in [4.69, 9.17) is 0 Å². The minimum Gasteiger partial charge on any atom is -0.244 e. The zero-order valence-corrected chi connectivity index (χ0v) is 10.8. The van der Waals surface area contributed by atoms with Crippen molar-refractivity contribution in [3.63, 3.8) is 0 Å². The van der Waals surface area contributed by atoms with Crippen LogP contribution in [0.25, 0.3) is 21.8 Å². The molecule has 0 aliphatic carbocycles. The van der Waals surface area contributed by atoms with E-state index in [1.54, 1.807) is 18.2 Å². The topological polar surface area (TPSA) is 12.9 Å². The molecule has 0 aliphatic heterocycles. The predicted molar refractivity (Wildman–Crippen MR) is 71.8 cm³/mol. The second-order valence-electron chi connectivity index (χ2n) is 4.33. The Balaban J connectivity index is 2.47. The second-order valence-corrected chi connectivity index (χ2v) is 4.64. The molecule has 3 rings (SSSR count). The van der Waals surface area contributed by atoms with Crippen LogP contribution in [-0.4, -0.2) is 4.98 Å². The molecule has 0 fully saturated rings. The van der Waals surface area contributed by atoms with Crippen LogP contribution in [0, 0.1) is 23.3 Å². The van der Waals surface area contributed by atoms with Gasteiger partial charge in [0.25, 0.3) is 0 Å². The van der Waals surface area contributed by atoms with Gasteiger partial charge in [-0.1, -0.05) is 6.07 Å². The van der Waals surface area contributed by atoms with Gasteiger partial charge in [-0.3, -0.25) is 0 Å². The molecule has 2 aromatic carbocycles. The number of halogens is 4. The molecule has 1 aromatic heterocycles. The molecule has 0 N–H and O–H groups in total. The molecule has 1 nitrogen and oxygen atoms in total. The molecule has 0 saturated carbocycles. The van der Waals surface area contributed by atoms with Gasteiger partial charge in [0.15, 0.2) is 23.3 Å². The molecular formula is C14H7F4NS. The van der Waals surface area contributed by atoms with Crippen LogP contribution in [0.4, 0.5) is 17.6 Å². The predicted octanol–water partition coefficient (Wildman–Crippen LogP) is 4.37. The second kappa shape index (κ2) is 4.63. The summed E-state index contributed by atoms with van der Waals surface area (Å²) < 4.78 is 53.8. The van der Waals surface area contributed by atoms with Crippen LogP contribution in [0.15, 0.2) is 24.3 Å². The Kier molecular flexibility index (Phi) is 3.05. The summed E-state index contributed by atoms with van der Waals surface area (Å²) in [6, 6.07) is 6.26. The molecule has 6 heteroatoms. The number of thiol groups is 1. The van der Waals surface area contributed by atoms with E-state index in [1.807, 2.05) is 0 Å². The zero-order chi connectivity index (χ0) is 14.4. The lowest BCUT2D eigenvalue weighted by Crippen LogP contribution is -2.00. The van der Waals surface area contributed by atoms with Gasteiger partial charge in [0.05, 0.1) is 5.52 Å². The first-order valence-corrected chi connectivity index (χ1v) is 6.32. The number of nitrogens with zero attached hydrogens (tertiary/aromatic N) is 1. The van der Waals surface area contributed by atoms with Gasteiger partial charge in [-0.2, -0.15) is 12.6 Å². The summed E-state index contributed by atoms with van der Waals surface area (Å²) in [5.41, 5.74) is 0.699. The maximum absolute atomic E-state index is 13.7. The Morgan fingerprint density at radius 1 is 0.900 bits per heavy atom. The number of benzene rings is 2. The Labute approximate surface area is 116 Å². The Hall–Kier alpha value is -1.82. The van der Waals surface area contributed by atoms with Gasteiger partial charge in [0.2, 0.25) is 0 Å². The summed E-state index contributed by atoms with van der Waals surface area (Å²) in [6.45, 7) is 0. The van der Waals surface area contributed by atoms with Crippen molar-refractivity contribution in [1.82, 2.24) is 4.98 Å². The summed E-state index contributed by atoms with van der Waals surface area (Å²) >= 11 is 4.11. The highest BCUT2D eigenvalue weighted by Gasteiger charge is 2.21. The van der Waals surface area contributed by atoms with Crippen molar-refractivity contribution >= 4 is 34.4 Å². The molecule has 0 bridgehead atoms. The van der Waals surface area contributed by atoms with Crippen LogP contribution in [0.3, 0.4) is 0 Å². The smallest absolute Gasteiger partial charge is 0.199 e. The van der Waals surface area contributed by atoms with Crippen LogP contribution in [0.1, 0.15) is 5.56 Å². The number of rotatable bonds is 1. The highest BCUT2D eigenvalue weighted by molar-refractivity contribution is 7.79. The number of pyridine rings is 1. The van der Waals surface area contributed by atoms with Crippen molar-refractivity contribution < 1.29 is 17.6 Å². The quantitative estimate of drug-likeness (QED) is 0.231. The molecule has 102 valence electrons. The first-order valence-electron chi connectivity index (χ1n) is 5.69. The molecule has 0 amide bonds. The minimum atomic E-state index is -1.85. The summed E-state index contributed by atoms with van der Waals surface area (Å²) in [4.78, 5) is 3.87. The van der Waals surface area contributed by atoms with Crippen LogP contribution in [-0.2, 0) is 5.75 Å². The van der Waals surface area contributed by atoms with Crippen molar-refractivity contribution in [2.45, 2.75) is 5.75 Å². The highest BCUT2D eigenvalue weighted by Crippen LogP contribution is 2.28. The third-order valence-corrected chi connectivity index (χ3v) is 3.45. The van der Waals surface area contributed by atoms with Crippen molar-refractivity contribution in [3.05, 3.63) is 53.1 Å². The van der Waals surface area contributed by atoms with Gasteiger partial charge >= 0.3 is 0 Å². The normalized spacial score (nSPS) is 11.4. The summed E-state index contributed by atoms with van der Waals surface area (Å²) in [5.74, 6) is -6.15. The van der Waals surface area contributed by atoms with Crippen LogP contribution in [0.5, 0.6) is 0 Å². The third-order valence-electron chi connectivity index (χ3n) is 3.08. The lowest BCUT2D eigenvalue weighted by molar-refractivity contribution is 0.417. The van der Waals surface area contributed by atoms with Crippen LogP contribution >= 0.6 is 12.6 Å². The molecule has 0 spiro atoms. The average Bonchev–Trinajstić information content (AvgIpc) is 2.48. The molecule has 0 saturated heterocycles. The SMILES string of the molecule is Fc1c(F)c(F)c2nc3ccc(CS)cc3cc2c1F. The van der Waals surface area contributed by atoms with Crippen molar-refractivity contribution in [1.29, 1.82) is 0 Å². The molecule has 0 unspecified atom stereocenters. The van der Waals surface area contributed by atoms with Crippen molar-refractivity contribution in [2.75, 3.05) is 0 Å². The van der Waals surface area contributed by atoms with Gasteiger partial charge in [-0.25, -0.2) is 22.5 Å². The molecular weight excluding hydrogens is 290 g/mol. The maximum Gasteiger partial charge on any atom is 0.199 e. The monoisotopic (exact) mass is 297 g/mol. The molecule has 0 radical (unpaired) electrons. The van der Waals surface area contributed by atoms with E-state index < -0.39 is 28.8 Å². The van der Waals surface area contributed by atoms with Crippen molar-refractivity contribution in [2.24, 2.45) is 0 Å². The van der Waals surface area contributed by atoms with Gasteiger partial charge in [-0.15, -0.1) is 0 Å². The first-order chi connectivity index (χ1) is 9.52. The summed E-state index contributed by atoms with van der Waals surface area (Å²) in [5, 5.41) is 0.124. The van der Waals surface area contributed by atoms with Crippen molar-refractivity contribution in [3.8, 4) is 0 Å². The third kappa shape index (κ3) is 1.83. The number of hydrogen-bond donors (Lipinski definition) is 1. The fourth-order valence-corrected chi connectivity index (χ4v) is 2.27. The lowest BCUT2D eigenvalue weighted by atomic mass is 10.1. The summed E-state index contributed by atoms with van der Waals surface area (Å²) in [7, 11) is 0. The number of hydrogen-bond acceptors (Lipinski definition) is 2. The van der Waals surface area contributed by atoms with E-state index in [0.29, 0.717) is 16.7 Å².